The van der Waals surface area contributed by atoms with E-state index >= 15 is 0 Å². The van der Waals surface area contributed by atoms with Crippen LogP contribution in [0, 0.1) is 6.92 Å². The number of piperidine rings is 1. The van der Waals surface area contributed by atoms with Gasteiger partial charge in [0.1, 0.15) is 0 Å². The van der Waals surface area contributed by atoms with Gasteiger partial charge >= 0.3 is 0 Å². The van der Waals surface area contributed by atoms with Crippen molar-refractivity contribution in [2.24, 2.45) is 0 Å². The molecule has 2 aromatic heterocycles. The molecule has 140 valence electrons. The number of rotatable bonds is 5. The van der Waals surface area contributed by atoms with Crippen LogP contribution in [0.4, 0.5) is 11.4 Å². The third-order valence-electron chi connectivity index (χ3n) is 4.80. The highest BCUT2D eigenvalue weighted by Crippen LogP contribution is 2.22. The summed E-state index contributed by atoms with van der Waals surface area (Å²) in [6, 6.07) is 11.7. The molecule has 0 aliphatic carbocycles. The topological polar surface area (TPSA) is 58.9 Å². The summed E-state index contributed by atoms with van der Waals surface area (Å²) >= 11 is 0. The lowest BCUT2D eigenvalue weighted by Gasteiger charge is -2.28. The van der Waals surface area contributed by atoms with Crippen molar-refractivity contribution >= 4 is 22.9 Å². The van der Waals surface area contributed by atoms with Crippen LogP contribution < -0.4 is 15.0 Å². The Bertz CT molecular complexity index is 927. The van der Waals surface area contributed by atoms with Crippen molar-refractivity contribution < 1.29 is 9.53 Å². The van der Waals surface area contributed by atoms with Crippen LogP contribution in [0.3, 0.4) is 0 Å². The minimum absolute atomic E-state index is 0.0561. The van der Waals surface area contributed by atoms with Crippen molar-refractivity contribution in [1.82, 2.24) is 9.38 Å². The Morgan fingerprint density at radius 2 is 1.93 bits per heavy atom. The van der Waals surface area contributed by atoms with E-state index < -0.39 is 0 Å². The molecular weight excluding hydrogens is 340 g/mol. The molecule has 1 saturated heterocycles. The summed E-state index contributed by atoms with van der Waals surface area (Å²) in [5.74, 6) is 0.409. The summed E-state index contributed by atoms with van der Waals surface area (Å²) in [7, 11) is 0. The smallest absolute Gasteiger partial charge is 0.262 e. The fourth-order valence-electron chi connectivity index (χ4n) is 3.47. The Morgan fingerprint density at radius 1 is 1.15 bits per heavy atom. The Labute approximate surface area is 158 Å². The lowest BCUT2D eigenvalue weighted by molar-refractivity contribution is -0.118. The van der Waals surface area contributed by atoms with E-state index in [-0.39, 0.29) is 12.5 Å². The van der Waals surface area contributed by atoms with Crippen molar-refractivity contribution in [3.63, 3.8) is 0 Å². The lowest BCUT2D eigenvalue weighted by Crippen LogP contribution is -2.29. The van der Waals surface area contributed by atoms with Gasteiger partial charge < -0.3 is 19.4 Å². The molecule has 0 bridgehead atoms. The fraction of sp³-hybridized carbons (Fsp3) is 0.333. The van der Waals surface area contributed by atoms with Gasteiger partial charge in [-0.05, 0) is 62.6 Å². The zero-order valence-corrected chi connectivity index (χ0v) is 15.5. The molecule has 3 aromatic rings. The molecule has 1 aliphatic heterocycles. The van der Waals surface area contributed by atoms with E-state index in [9.17, 15) is 4.79 Å². The number of pyridine rings is 1. The van der Waals surface area contributed by atoms with Crippen molar-refractivity contribution in [1.29, 1.82) is 0 Å². The Hall–Kier alpha value is -3.02. The third-order valence-corrected chi connectivity index (χ3v) is 4.80. The van der Waals surface area contributed by atoms with Crippen LogP contribution >= 0.6 is 0 Å². The normalized spacial score (nSPS) is 14.3. The van der Waals surface area contributed by atoms with Crippen molar-refractivity contribution in [2.45, 2.75) is 26.2 Å². The highest BCUT2D eigenvalue weighted by Gasteiger charge is 2.12. The van der Waals surface area contributed by atoms with E-state index in [0.29, 0.717) is 11.4 Å². The average molecular weight is 364 g/mol. The number of ether oxygens (including phenoxy) is 1. The molecule has 6 nitrogen and oxygen atoms in total. The highest BCUT2D eigenvalue weighted by atomic mass is 16.5. The first-order chi connectivity index (χ1) is 13.2. The Balaban J connectivity index is 1.35. The molecule has 1 aromatic carbocycles. The zero-order chi connectivity index (χ0) is 18.6. The number of nitrogens with one attached hydrogen (secondary N) is 1. The summed E-state index contributed by atoms with van der Waals surface area (Å²) in [6.07, 6.45) is 7.65. The van der Waals surface area contributed by atoms with Gasteiger partial charge in [-0.25, -0.2) is 4.98 Å². The first-order valence-electron chi connectivity index (χ1n) is 9.41. The summed E-state index contributed by atoms with van der Waals surface area (Å²) in [5, 5.41) is 2.89. The maximum atomic E-state index is 12.2. The predicted octanol–water partition coefficient (Wildman–Crippen LogP) is 3.65. The van der Waals surface area contributed by atoms with E-state index in [1.54, 1.807) is 0 Å². The number of imidazole rings is 1. The van der Waals surface area contributed by atoms with E-state index in [0.717, 1.165) is 24.5 Å². The fourth-order valence-corrected chi connectivity index (χ4v) is 3.47. The zero-order valence-electron chi connectivity index (χ0n) is 15.5. The maximum Gasteiger partial charge on any atom is 0.262 e. The number of anilines is 2. The van der Waals surface area contributed by atoms with Crippen LogP contribution in [0.25, 0.3) is 5.65 Å². The van der Waals surface area contributed by atoms with Gasteiger partial charge in [-0.2, -0.15) is 0 Å². The van der Waals surface area contributed by atoms with Gasteiger partial charge in [-0.1, -0.05) is 0 Å². The van der Waals surface area contributed by atoms with Crippen LogP contribution in [-0.2, 0) is 4.79 Å². The molecule has 1 N–H and O–H groups in total. The molecule has 6 heteroatoms. The summed E-state index contributed by atoms with van der Waals surface area (Å²) < 4.78 is 7.57. The number of aryl methyl sites for hydroxylation is 1. The predicted molar refractivity (Wildman–Crippen MR) is 107 cm³/mol. The molecule has 0 spiro atoms. The lowest BCUT2D eigenvalue weighted by atomic mass is 10.1. The standard InChI is InChI=1S/C21H24N4O2/c1-16-14-25-13-5-6-19(21(25)22-16)27-15-20(26)23-17-7-9-18(10-8-17)24-11-3-2-4-12-24/h5-10,13-14H,2-4,11-12,15H2,1H3,(H,23,26). The van der Waals surface area contributed by atoms with Crippen LogP contribution in [0.5, 0.6) is 5.75 Å². The number of aromatic nitrogens is 2. The first-order valence-corrected chi connectivity index (χ1v) is 9.41. The molecule has 1 aliphatic rings. The molecular formula is C21H24N4O2. The Morgan fingerprint density at radius 3 is 2.70 bits per heavy atom. The van der Waals surface area contributed by atoms with Gasteiger partial charge in [-0.15, -0.1) is 0 Å². The molecule has 0 saturated carbocycles. The van der Waals surface area contributed by atoms with Gasteiger partial charge in [-0.3, -0.25) is 4.79 Å². The highest BCUT2D eigenvalue weighted by molar-refractivity contribution is 5.92. The SMILES string of the molecule is Cc1cn2cccc(OCC(=O)Nc3ccc(N4CCCCC4)cc3)c2n1. The van der Waals surface area contributed by atoms with Gasteiger partial charge in [0.25, 0.3) is 5.91 Å². The minimum atomic E-state index is -0.189. The van der Waals surface area contributed by atoms with Crippen LogP contribution in [0.15, 0.2) is 48.8 Å². The number of hydrogen-bond donors (Lipinski definition) is 1. The minimum Gasteiger partial charge on any atom is -0.480 e. The molecule has 1 fully saturated rings. The number of benzene rings is 1. The summed E-state index contributed by atoms with van der Waals surface area (Å²) in [4.78, 5) is 19.1. The maximum absolute atomic E-state index is 12.2. The van der Waals surface area contributed by atoms with Crippen molar-refractivity contribution in [3.8, 4) is 5.75 Å². The number of fused-ring (bicyclic) bond motifs is 1. The van der Waals surface area contributed by atoms with Crippen LogP contribution in [0.1, 0.15) is 25.0 Å². The van der Waals surface area contributed by atoms with Gasteiger partial charge in [0, 0.05) is 36.9 Å². The molecule has 0 atom stereocenters. The Kier molecular flexibility index (Phi) is 4.96. The number of nitrogens with zero attached hydrogens (tertiary/aromatic N) is 3. The number of hydrogen-bond acceptors (Lipinski definition) is 4. The third kappa shape index (κ3) is 4.05. The number of amides is 1. The molecule has 0 radical (unpaired) electrons. The van der Waals surface area contributed by atoms with Gasteiger partial charge in [0.05, 0.1) is 5.69 Å². The molecule has 4 rings (SSSR count). The van der Waals surface area contributed by atoms with Gasteiger partial charge in [0.2, 0.25) is 0 Å². The van der Waals surface area contributed by atoms with E-state index in [2.05, 4.69) is 27.3 Å². The van der Waals surface area contributed by atoms with Crippen molar-refractivity contribution in [3.05, 3.63) is 54.5 Å². The molecule has 1 amide bonds. The first kappa shape index (κ1) is 17.4. The average Bonchev–Trinajstić information content (AvgIpc) is 3.08. The van der Waals surface area contributed by atoms with Gasteiger partial charge in [0.15, 0.2) is 18.0 Å². The largest absolute Gasteiger partial charge is 0.480 e. The summed E-state index contributed by atoms with van der Waals surface area (Å²) in [6.45, 7) is 4.09. The summed E-state index contributed by atoms with van der Waals surface area (Å²) in [5.41, 5.74) is 3.61. The molecule has 0 unspecified atom stereocenters. The monoisotopic (exact) mass is 364 g/mol. The molecule has 3 heterocycles. The van der Waals surface area contributed by atoms with E-state index in [1.807, 2.05) is 48.0 Å². The van der Waals surface area contributed by atoms with E-state index in [4.69, 9.17) is 4.74 Å². The quantitative estimate of drug-likeness (QED) is 0.751. The number of carbonyl (C=O) groups is 1. The second kappa shape index (κ2) is 7.70. The van der Waals surface area contributed by atoms with Crippen molar-refractivity contribution in [2.75, 3.05) is 29.9 Å². The second-order valence-electron chi connectivity index (χ2n) is 6.92. The van der Waals surface area contributed by atoms with Crippen LogP contribution in [-0.4, -0.2) is 35.0 Å². The second-order valence-corrected chi connectivity index (χ2v) is 6.92. The number of carbonyl (C=O) groups excluding carboxylic acids is 1. The van der Waals surface area contributed by atoms with E-state index in [1.165, 1.54) is 24.9 Å². The molecule has 27 heavy (non-hydrogen) atoms. The van der Waals surface area contributed by atoms with Crippen LogP contribution in [0.2, 0.25) is 0 Å².